The van der Waals surface area contributed by atoms with E-state index in [1.807, 2.05) is 6.92 Å². The van der Waals surface area contributed by atoms with Crippen LogP contribution < -0.4 is 5.32 Å². The first kappa shape index (κ1) is 16.4. The molecule has 4 aliphatic rings. The summed E-state index contributed by atoms with van der Waals surface area (Å²) < 4.78 is 0. The van der Waals surface area contributed by atoms with E-state index in [9.17, 15) is 9.59 Å². The van der Waals surface area contributed by atoms with Gasteiger partial charge in [0, 0.05) is 23.8 Å². The number of carbonyl (C=O) groups is 2. The van der Waals surface area contributed by atoms with Crippen LogP contribution in [0, 0.1) is 34.5 Å². The monoisotopic (exact) mass is 329 g/mol. The lowest BCUT2D eigenvalue weighted by molar-refractivity contribution is -0.132. The Morgan fingerprint density at radius 2 is 1.96 bits per heavy atom. The van der Waals surface area contributed by atoms with Crippen LogP contribution in [0.1, 0.15) is 65.7 Å². The number of carbonyl (C=O) groups excluding carboxylic acids is 2. The van der Waals surface area contributed by atoms with Crippen molar-refractivity contribution < 1.29 is 9.59 Å². The standard InChI is InChI=1S/C21H31NO2/c1-4-17(23)16-7-6-14-13-5-8-18-21(3,12-10-19(24)22-18)15(13)9-11-20(14,16)2/h10,12-16,18H,4-9,11H2,1-3H3,(H,22,24)/t13?,14?,15?,16?,18-,20+,21-/m1/s1. The van der Waals surface area contributed by atoms with E-state index in [1.54, 1.807) is 6.08 Å². The largest absolute Gasteiger partial charge is 0.349 e. The van der Waals surface area contributed by atoms with E-state index in [0.717, 1.165) is 18.8 Å². The molecule has 4 rings (SSSR count). The van der Waals surface area contributed by atoms with Crippen molar-refractivity contribution in [3.63, 3.8) is 0 Å². The highest BCUT2D eigenvalue weighted by Gasteiger charge is 2.60. The lowest BCUT2D eigenvalue weighted by atomic mass is 9.47. The van der Waals surface area contributed by atoms with E-state index in [2.05, 4.69) is 25.2 Å². The summed E-state index contributed by atoms with van der Waals surface area (Å²) in [5.74, 6) is 2.93. The van der Waals surface area contributed by atoms with Gasteiger partial charge in [-0.05, 0) is 67.8 Å². The van der Waals surface area contributed by atoms with Crippen molar-refractivity contribution in [2.24, 2.45) is 34.5 Å². The molecule has 7 atom stereocenters. The third kappa shape index (κ3) is 2.09. The zero-order chi connectivity index (χ0) is 17.1. The Bertz CT molecular complexity index is 597. The van der Waals surface area contributed by atoms with Gasteiger partial charge in [0.25, 0.3) is 0 Å². The highest BCUT2D eigenvalue weighted by atomic mass is 16.1. The molecular weight excluding hydrogens is 298 g/mol. The summed E-state index contributed by atoms with van der Waals surface area (Å²) in [4.78, 5) is 24.3. The molecule has 1 amide bonds. The van der Waals surface area contributed by atoms with Crippen molar-refractivity contribution in [3.8, 4) is 0 Å². The Morgan fingerprint density at radius 1 is 1.17 bits per heavy atom. The summed E-state index contributed by atoms with van der Waals surface area (Å²) in [6.07, 6.45) is 11.7. The van der Waals surface area contributed by atoms with Gasteiger partial charge in [-0.25, -0.2) is 0 Å². The molecule has 0 bridgehead atoms. The lowest BCUT2D eigenvalue weighted by Crippen LogP contribution is -2.59. The summed E-state index contributed by atoms with van der Waals surface area (Å²) in [6.45, 7) is 6.79. The van der Waals surface area contributed by atoms with Crippen LogP contribution in [-0.2, 0) is 9.59 Å². The van der Waals surface area contributed by atoms with Gasteiger partial charge in [-0.2, -0.15) is 0 Å². The first-order valence-electron chi connectivity index (χ1n) is 9.92. The van der Waals surface area contributed by atoms with Crippen molar-refractivity contribution in [2.75, 3.05) is 0 Å². The zero-order valence-electron chi connectivity index (χ0n) is 15.3. The molecule has 0 spiro atoms. The SMILES string of the molecule is CCC(=O)C1CCC2C3CC[C@H]4NC(=O)C=C[C@]4(C)C3CC[C@]12C. The molecule has 0 saturated heterocycles. The molecule has 0 radical (unpaired) electrons. The molecular formula is C21H31NO2. The molecule has 0 aromatic heterocycles. The maximum atomic E-state index is 12.5. The minimum Gasteiger partial charge on any atom is -0.349 e. The van der Waals surface area contributed by atoms with Gasteiger partial charge in [-0.3, -0.25) is 9.59 Å². The molecule has 4 unspecified atom stereocenters. The number of amides is 1. The second-order valence-corrected chi connectivity index (χ2v) is 9.21. The number of ketones is 1. The van der Waals surface area contributed by atoms with E-state index in [1.165, 1.54) is 25.7 Å². The Balaban J connectivity index is 1.64. The molecule has 3 saturated carbocycles. The number of hydrogen-bond acceptors (Lipinski definition) is 2. The zero-order valence-corrected chi connectivity index (χ0v) is 15.3. The highest BCUT2D eigenvalue weighted by molar-refractivity contribution is 5.89. The van der Waals surface area contributed by atoms with Crippen LogP contribution in [0.3, 0.4) is 0 Å². The molecule has 0 aromatic carbocycles. The molecule has 3 aliphatic carbocycles. The van der Waals surface area contributed by atoms with Gasteiger partial charge >= 0.3 is 0 Å². The summed E-state index contributed by atoms with van der Waals surface area (Å²) in [7, 11) is 0. The van der Waals surface area contributed by atoms with E-state index in [-0.39, 0.29) is 16.7 Å². The van der Waals surface area contributed by atoms with Gasteiger partial charge in [0.2, 0.25) is 5.91 Å². The fourth-order valence-corrected chi connectivity index (χ4v) is 7.11. The first-order valence-corrected chi connectivity index (χ1v) is 9.92. The van der Waals surface area contributed by atoms with Gasteiger partial charge in [0.15, 0.2) is 0 Å². The van der Waals surface area contributed by atoms with E-state index in [4.69, 9.17) is 0 Å². The predicted octanol–water partition coefficient (Wildman–Crippen LogP) is 3.88. The van der Waals surface area contributed by atoms with Crippen LogP contribution in [0.4, 0.5) is 0 Å². The topological polar surface area (TPSA) is 46.2 Å². The van der Waals surface area contributed by atoms with Gasteiger partial charge in [0.1, 0.15) is 5.78 Å². The van der Waals surface area contributed by atoms with Gasteiger partial charge in [0.05, 0.1) is 0 Å². The number of Topliss-reactive ketones (excluding diaryl/α,β-unsaturated/α-hetero) is 1. The number of fused-ring (bicyclic) bond motifs is 5. The molecule has 1 heterocycles. The van der Waals surface area contributed by atoms with Crippen LogP contribution in [0.15, 0.2) is 12.2 Å². The van der Waals surface area contributed by atoms with E-state index in [0.29, 0.717) is 36.0 Å². The predicted molar refractivity (Wildman–Crippen MR) is 94.2 cm³/mol. The van der Waals surface area contributed by atoms with Crippen molar-refractivity contribution in [2.45, 2.75) is 71.8 Å². The molecule has 24 heavy (non-hydrogen) atoms. The van der Waals surface area contributed by atoms with Crippen molar-refractivity contribution in [1.82, 2.24) is 5.32 Å². The van der Waals surface area contributed by atoms with Gasteiger partial charge in [-0.1, -0.05) is 26.8 Å². The van der Waals surface area contributed by atoms with Crippen molar-refractivity contribution >= 4 is 11.7 Å². The van der Waals surface area contributed by atoms with Crippen molar-refractivity contribution in [3.05, 3.63) is 12.2 Å². The summed E-state index contributed by atoms with van der Waals surface area (Å²) >= 11 is 0. The molecule has 1 aliphatic heterocycles. The van der Waals surface area contributed by atoms with E-state index < -0.39 is 0 Å². The number of rotatable bonds is 2. The van der Waals surface area contributed by atoms with E-state index >= 15 is 0 Å². The smallest absolute Gasteiger partial charge is 0.243 e. The third-order valence-electron chi connectivity index (χ3n) is 8.42. The maximum Gasteiger partial charge on any atom is 0.243 e. The quantitative estimate of drug-likeness (QED) is 0.835. The fraction of sp³-hybridized carbons (Fsp3) is 0.810. The Labute approximate surface area is 145 Å². The third-order valence-corrected chi connectivity index (χ3v) is 8.42. The lowest BCUT2D eigenvalue weighted by Gasteiger charge is -2.58. The van der Waals surface area contributed by atoms with Crippen LogP contribution in [0.2, 0.25) is 0 Å². The average molecular weight is 329 g/mol. The molecule has 0 aromatic rings. The minimum absolute atomic E-state index is 0.0750. The average Bonchev–Trinajstić information content (AvgIpc) is 2.92. The highest BCUT2D eigenvalue weighted by Crippen LogP contribution is 2.65. The molecule has 132 valence electrons. The first-order chi connectivity index (χ1) is 11.4. The second-order valence-electron chi connectivity index (χ2n) is 9.21. The van der Waals surface area contributed by atoms with Crippen LogP contribution >= 0.6 is 0 Å². The Morgan fingerprint density at radius 3 is 2.71 bits per heavy atom. The molecule has 3 nitrogen and oxygen atoms in total. The summed E-state index contributed by atoms with van der Waals surface area (Å²) in [5.41, 5.74) is 0.324. The normalized spacial score (nSPS) is 49.8. The van der Waals surface area contributed by atoms with Gasteiger partial charge < -0.3 is 5.32 Å². The van der Waals surface area contributed by atoms with Crippen LogP contribution in [0.5, 0.6) is 0 Å². The summed E-state index contributed by atoms with van der Waals surface area (Å²) in [6, 6.07) is 0.301. The van der Waals surface area contributed by atoms with Crippen molar-refractivity contribution in [1.29, 1.82) is 0 Å². The van der Waals surface area contributed by atoms with Crippen LogP contribution in [-0.4, -0.2) is 17.7 Å². The number of nitrogens with one attached hydrogen (secondary N) is 1. The minimum atomic E-state index is 0.0750. The second kappa shape index (κ2) is 5.44. The number of hydrogen-bond donors (Lipinski definition) is 1. The maximum absolute atomic E-state index is 12.5. The van der Waals surface area contributed by atoms with Gasteiger partial charge in [-0.15, -0.1) is 0 Å². The fourth-order valence-electron chi connectivity index (χ4n) is 7.11. The molecule has 1 N–H and O–H groups in total. The Kier molecular flexibility index (Phi) is 3.71. The van der Waals surface area contributed by atoms with Crippen LogP contribution in [0.25, 0.3) is 0 Å². The Hall–Kier alpha value is -1.12. The summed E-state index contributed by atoms with van der Waals surface area (Å²) in [5, 5.41) is 3.22. The molecule has 3 fully saturated rings. The molecule has 3 heteroatoms.